The van der Waals surface area contributed by atoms with Gasteiger partial charge in [0.25, 0.3) is 5.70 Å². The minimum atomic E-state index is -0.708. The van der Waals surface area contributed by atoms with Gasteiger partial charge in [-0.2, -0.15) is 9.98 Å². The van der Waals surface area contributed by atoms with E-state index in [4.69, 9.17) is 15.7 Å². The maximum absolute atomic E-state index is 11.9. The molecule has 7 heteroatoms. The minimum absolute atomic E-state index is 0.136. The van der Waals surface area contributed by atoms with Crippen molar-refractivity contribution in [3.8, 4) is 0 Å². The van der Waals surface area contributed by atoms with Crippen LogP contribution in [0.15, 0.2) is 63.6 Å². The molecule has 7 nitrogen and oxygen atoms in total. The largest absolute Gasteiger partial charge is 0.474 e. The number of aromatic nitrogens is 1. The molecule has 2 heterocycles. The van der Waals surface area contributed by atoms with Gasteiger partial charge >= 0.3 is 12.0 Å². The minimum Gasteiger partial charge on any atom is -0.474 e. The van der Waals surface area contributed by atoms with Crippen molar-refractivity contribution in [2.45, 2.75) is 13.8 Å². The fraction of sp³-hybridized carbons (Fsp3) is 0.143. The summed E-state index contributed by atoms with van der Waals surface area (Å²) in [5, 5.41) is 3.03. The molecule has 0 spiro atoms. The highest BCUT2D eigenvalue weighted by Gasteiger charge is 2.28. The SMILES string of the molecule is CC.[C-]#[N+]/C(C(=O)OC)=C1/NC(=Nc2nc3ccccc3o2)c2ccccc21. The molecule has 1 aromatic heterocycles. The summed E-state index contributed by atoms with van der Waals surface area (Å²) < 4.78 is 10.3. The summed E-state index contributed by atoms with van der Waals surface area (Å²) in [6.07, 6.45) is 0. The van der Waals surface area contributed by atoms with Crippen molar-refractivity contribution in [1.82, 2.24) is 10.3 Å². The highest BCUT2D eigenvalue weighted by Crippen LogP contribution is 2.30. The van der Waals surface area contributed by atoms with Gasteiger partial charge in [-0.3, -0.25) is 4.79 Å². The zero-order valence-electron chi connectivity index (χ0n) is 15.7. The van der Waals surface area contributed by atoms with E-state index in [9.17, 15) is 4.79 Å². The predicted octanol–water partition coefficient (Wildman–Crippen LogP) is 4.30. The van der Waals surface area contributed by atoms with E-state index < -0.39 is 5.97 Å². The van der Waals surface area contributed by atoms with Crippen molar-refractivity contribution in [3.63, 3.8) is 0 Å². The monoisotopic (exact) mass is 374 g/mol. The van der Waals surface area contributed by atoms with Gasteiger partial charge in [-0.1, -0.05) is 50.2 Å². The number of hydrogen-bond acceptors (Lipinski definition) is 5. The molecule has 0 saturated carbocycles. The van der Waals surface area contributed by atoms with Gasteiger partial charge in [0.1, 0.15) is 11.4 Å². The molecule has 1 N–H and O–H groups in total. The zero-order chi connectivity index (χ0) is 20.1. The van der Waals surface area contributed by atoms with Crippen LogP contribution < -0.4 is 5.32 Å². The van der Waals surface area contributed by atoms with Crippen molar-refractivity contribution in [2.75, 3.05) is 7.11 Å². The van der Waals surface area contributed by atoms with E-state index in [0.717, 1.165) is 5.56 Å². The molecule has 1 aliphatic rings. The van der Waals surface area contributed by atoms with Gasteiger partial charge in [0.05, 0.1) is 19.4 Å². The van der Waals surface area contributed by atoms with Gasteiger partial charge in [-0.25, -0.2) is 4.85 Å². The summed E-state index contributed by atoms with van der Waals surface area (Å²) in [4.78, 5) is 24.0. The van der Waals surface area contributed by atoms with E-state index in [1.807, 2.05) is 56.3 Å². The Bertz CT molecular complexity index is 1100. The molecule has 0 fully saturated rings. The maximum Gasteiger partial charge on any atom is 0.338 e. The summed E-state index contributed by atoms with van der Waals surface area (Å²) in [7, 11) is 1.24. The van der Waals surface area contributed by atoms with Crippen LogP contribution in [0.25, 0.3) is 21.6 Å². The molecular formula is C21H18N4O3. The average Bonchev–Trinajstić information content (AvgIpc) is 3.31. The van der Waals surface area contributed by atoms with E-state index >= 15 is 0 Å². The van der Waals surface area contributed by atoms with Crippen LogP contribution in [0.5, 0.6) is 0 Å². The molecule has 28 heavy (non-hydrogen) atoms. The first-order chi connectivity index (χ1) is 13.7. The van der Waals surface area contributed by atoms with Crippen molar-refractivity contribution in [2.24, 2.45) is 4.99 Å². The van der Waals surface area contributed by atoms with Crippen LogP contribution in [0.2, 0.25) is 0 Å². The zero-order valence-corrected chi connectivity index (χ0v) is 15.7. The first-order valence-electron chi connectivity index (χ1n) is 8.72. The lowest BCUT2D eigenvalue weighted by Crippen LogP contribution is -2.17. The lowest BCUT2D eigenvalue weighted by molar-refractivity contribution is -0.135. The molecule has 0 amide bonds. The number of oxazole rings is 1. The van der Waals surface area contributed by atoms with E-state index in [1.54, 1.807) is 6.07 Å². The predicted molar refractivity (Wildman–Crippen MR) is 107 cm³/mol. The third-order valence-electron chi connectivity index (χ3n) is 3.91. The number of nitrogens with one attached hydrogen (secondary N) is 1. The molecule has 0 saturated heterocycles. The molecule has 0 radical (unpaired) electrons. The summed E-state index contributed by atoms with van der Waals surface area (Å²) in [5.41, 5.74) is 2.99. The molecule has 0 bridgehead atoms. The third kappa shape index (κ3) is 3.35. The first kappa shape index (κ1) is 18.9. The molecule has 0 aliphatic carbocycles. The van der Waals surface area contributed by atoms with Gasteiger partial charge in [0.15, 0.2) is 5.58 Å². The molecule has 0 atom stereocenters. The van der Waals surface area contributed by atoms with E-state index in [0.29, 0.717) is 28.2 Å². The average molecular weight is 374 g/mol. The lowest BCUT2D eigenvalue weighted by Gasteiger charge is -2.03. The first-order valence-corrected chi connectivity index (χ1v) is 8.72. The smallest absolute Gasteiger partial charge is 0.338 e. The van der Waals surface area contributed by atoms with Crippen molar-refractivity contribution in [1.29, 1.82) is 0 Å². The number of para-hydroxylation sites is 2. The van der Waals surface area contributed by atoms with Crippen LogP contribution in [-0.4, -0.2) is 23.9 Å². The number of amidine groups is 1. The number of nitrogens with zero attached hydrogens (tertiary/aromatic N) is 3. The van der Waals surface area contributed by atoms with Crippen LogP contribution in [0.3, 0.4) is 0 Å². The Morgan fingerprint density at radius 2 is 1.82 bits per heavy atom. The van der Waals surface area contributed by atoms with Gasteiger partial charge in [-0.15, -0.1) is 0 Å². The fourth-order valence-electron chi connectivity index (χ4n) is 2.74. The number of benzene rings is 2. The Morgan fingerprint density at radius 3 is 2.50 bits per heavy atom. The number of methoxy groups -OCH3 is 1. The van der Waals surface area contributed by atoms with Gasteiger partial charge in [0.2, 0.25) is 0 Å². The van der Waals surface area contributed by atoms with E-state index in [-0.39, 0.29) is 11.7 Å². The topological polar surface area (TPSA) is 81.1 Å². The molecular weight excluding hydrogens is 356 g/mol. The Labute approximate surface area is 162 Å². The van der Waals surface area contributed by atoms with Gasteiger partial charge < -0.3 is 14.5 Å². The highest BCUT2D eigenvalue weighted by atomic mass is 16.5. The van der Waals surface area contributed by atoms with Crippen LogP contribution in [0.1, 0.15) is 25.0 Å². The third-order valence-corrected chi connectivity index (χ3v) is 3.91. The van der Waals surface area contributed by atoms with E-state index in [2.05, 4.69) is 20.1 Å². The fourth-order valence-corrected chi connectivity index (χ4v) is 2.74. The Kier molecular flexibility index (Phi) is 5.51. The van der Waals surface area contributed by atoms with Crippen LogP contribution >= 0.6 is 0 Å². The second kappa shape index (κ2) is 8.18. The van der Waals surface area contributed by atoms with Crippen molar-refractivity contribution in [3.05, 3.63) is 76.8 Å². The standard InChI is InChI=1S/C19H12N4O3.C2H6/c1-20-16(18(24)25-2)15-11-7-3-4-8-12(11)17(22-15)23-19-21-13-9-5-6-10-14(13)26-19;1-2/h3-10H,2H3,(H,21,22,23);1-2H3/b16-15+;. The van der Waals surface area contributed by atoms with Crippen LogP contribution in [-0.2, 0) is 9.53 Å². The number of hydrogen-bond donors (Lipinski definition) is 1. The number of carbonyl (C=O) groups is 1. The number of rotatable bonds is 2. The summed E-state index contributed by atoms with van der Waals surface area (Å²) >= 11 is 0. The van der Waals surface area contributed by atoms with Gasteiger partial charge in [0, 0.05) is 5.56 Å². The molecule has 2 aromatic carbocycles. The molecule has 140 valence electrons. The quantitative estimate of drug-likeness (QED) is 0.411. The lowest BCUT2D eigenvalue weighted by atomic mass is 10.1. The summed E-state index contributed by atoms with van der Waals surface area (Å²) in [6, 6.07) is 14.9. The Hall–Kier alpha value is -3.92. The van der Waals surface area contributed by atoms with Crippen LogP contribution in [0.4, 0.5) is 6.01 Å². The maximum atomic E-state index is 11.9. The Balaban J connectivity index is 0.00000109. The van der Waals surface area contributed by atoms with Gasteiger partial charge in [-0.05, 0) is 17.7 Å². The van der Waals surface area contributed by atoms with E-state index in [1.165, 1.54) is 7.11 Å². The highest BCUT2D eigenvalue weighted by molar-refractivity contribution is 6.16. The number of carbonyl (C=O) groups excluding carboxylic acids is 1. The van der Waals surface area contributed by atoms with Crippen molar-refractivity contribution >= 4 is 34.6 Å². The Morgan fingerprint density at radius 1 is 1.14 bits per heavy atom. The molecule has 1 aliphatic heterocycles. The number of ether oxygens (including phenoxy) is 1. The number of fused-ring (bicyclic) bond motifs is 2. The van der Waals surface area contributed by atoms with Crippen molar-refractivity contribution < 1.29 is 13.9 Å². The molecule has 0 unspecified atom stereocenters. The second-order valence-corrected chi connectivity index (χ2v) is 5.42. The second-order valence-electron chi connectivity index (χ2n) is 5.42. The number of aliphatic imine (C=N–C) groups is 1. The number of esters is 1. The molecule has 4 rings (SSSR count). The molecule has 3 aromatic rings. The normalized spacial score (nSPS) is 15.1. The summed E-state index contributed by atoms with van der Waals surface area (Å²) in [5.74, 6) is -0.257. The summed E-state index contributed by atoms with van der Waals surface area (Å²) in [6.45, 7) is 11.3. The van der Waals surface area contributed by atoms with Crippen LogP contribution in [0, 0.1) is 6.57 Å².